The molecule has 6 heteroatoms. The largest absolute Gasteiger partial charge is 0.411 e. The molecule has 0 aliphatic heterocycles. The van der Waals surface area contributed by atoms with Crippen LogP contribution in [0.2, 0.25) is 19.6 Å². The Morgan fingerprint density at radius 3 is 1.27 bits per heavy atom. The lowest BCUT2D eigenvalue weighted by molar-refractivity contribution is 0.382. The Balaban J connectivity index is 0. The Morgan fingerprint density at radius 2 is 1.27 bits per heavy atom. The number of hydrogen-bond donors (Lipinski definition) is 2. The van der Waals surface area contributed by atoms with Gasteiger partial charge in [-0.1, -0.05) is 5.70 Å². The van der Waals surface area contributed by atoms with Crippen LogP contribution in [-0.4, -0.2) is 24.8 Å². The first kappa shape index (κ1) is 14.2. The summed E-state index contributed by atoms with van der Waals surface area (Å²) in [5.74, 6) is 0. The highest BCUT2D eigenvalue weighted by Gasteiger charge is 2.13. The van der Waals surface area contributed by atoms with Crippen LogP contribution in [0, 0.1) is 0 Å². The summed E-state index contributed by atoms with van der Waals surface area (Å²) in [6.45, 7) is 6.18. The molecule has 0 aliphatic carbocycles. The van der Waals surface area contributed by atoms with E-state index in [-0.39, 0.29) is 0 Å². The van der Waals surface area contributed by atoms with Crippen molar-refractivity contribution in [3.05, 3.63) is 12.3 Å². The predicted molar refractivity (Wildman–Crippen MR) is 55.4 cm³/mol. The van der Waals surface area contributed by atoms with Gasteiger partial charge in [0.05, 0.1) is 0 Å². The highest BCUT2D eigenvalue weighted by molar-refractivity contribution is 7.47. The molecule has 0 aliphatic rings. The molecule has 0 saturated carbocycles. The summed E-state index contributed by atoms with van der Waals surface area (Å²) in [7, 11) is -2.61. The molecule has 68 valence electrons. The smallest absolute Gasteiger partial charge is 0.326 e. The first-order valence-electron chi connectivity index (χ1n) is 3.02. The van der Waals surface area contributed by atoms with E-state index in [1.807, 2.05) is 0 Å². The minimum atomic E-state index is -2.61. The fourth-order valence-electron chi connectivity index (χ4n) is 0. The average molecular weight is 233 g/mol. The molecule has 2 nitrogen and oxygen atoms in total. The molecule has 11 heavy (non-hydrogen) atoms. The Labute approximate surface area is 79.1 Å². The first-order valence-corrected chi connectivity index (χ1v) is 10.5. The zero-order chi connectivity index (χ0) is 9.71. The lowest BCUT2D eigenvalue weighted by Crippen LogP contribution is -2.23. The third-order valence-electron chi connectivity index (χ3n) is 0.358. The van der Waals surface area contributed by atoms with Crippen LogP contribution in [0.15, 0.2) is 12.3 Å². The molecule has 0 radical (unpaired) electrons. The van der Waals surface area contributed by atoms with E-state index in [0.717, 1.165) is 0 Å². The van der Waals surface area contributed by atoms with E-state index in [0.29, 0.717) is 0 Å². The Morgan fingerprint density at radius 1 is 1.18 bits per heavy atom. The van der Waals surface area contributed by atoms with Gasteiger partial charge in [0.15, 0.2) is 0 Å². The number of halogens is 2. The minimum Gasteiger partial charge on any atom is -0.411 e. The van der Waals surface area contributed by atoms with Gasteiger partial charge in [-0.25, -0.2) is 0 Å². The maximum atomic E-state index is 8.22. The second-order valence-corrected chi connectivity index (χ2v) is 13.3. The molecular formula is C5H14Cl2O2Si2. The molecule has 0 amide bonds. The maximum absolute atomic E-state index is 8.22. The highest BCUT2D eigenvalue weighted by atomic mass is 35.7. The molecule has 0 saturated heterocycles. The van der Waals surface area contributed by atoms with Crippen LogP contribution in [0.25, 0.3) is 0 Å². The fraction of sp³-hybridized carbons (Fsp3) is 0.600. The van der Waals surface area contributed by atoms with Crippen molar-refractivity contribution in [3.8, 4) is 0 Å². The first-order chi connectivity index (χ1) is 4.56. The predicted octanol–water partition coefficient (Wildman–Crippen LogP) is 1.93. The van der Waals surface area contributed by atoms with Crippen LogP contribution in [0.3, 0.4) is 0 Å². The van der Waals surface area contributed by atoms with Crippen LogP contribution in [-0.2, 0) is 0 Å². The van der Waals surface area contributed by atoms with Gasteiger partial charge in [-0.2, -0.15) is 0 Å². The molecule has 0 aromatic heterocycles. The third kappa shape index (κ3) is 59.5. The van der Waals surface area contributed by atoms with Gasteiger partial charge < -0.3 is 9.59 Å². The van der Waals surface area contributed by atoms with Gasteiger partial charge in [0.1, 0.15) is 0 Å². The van der Waals surface area contributed by atoms with Gasteiger partial charge in [0.2, 0.25) is 0 Å². The molecule has 0 aromatic carbocycles. The standard InChI is InChI=1S/C3H6Cl2Si.C2H8O2Si/c1-3-6(2,4)5;1-5(2,3)4/h3H,1H2,2H3;3-4H,1-2H3. The van der Waals surface area contributed by atoms with Crippen molar-refractivity contribution < 1.29 is 9.59 Å². The molecule has 0 aromatic rings. The molecule has 0 spiro atoms. The maximum Gasteiger partial charge on any atom is 0.326 e. The van der Waals surface area contributed by atoms with Crippen molar-refractivity contribution in [2.75, 3.05) is 0 Å². The van der Waals surface area contributed by atoms with Crippen LogP contribution < -0.4 is 0 Å². The topological polar surface area (TPSA) is 40.5 Å². The molecule has 0 fully saturated rings. The van der Waals surface area contributed by atoms with E-state index in [4.69, 9.17) is 31.7 Å². The summed E-state index contributed by atoms with van der Waals surface area (Å²) in [5.41, 5.74) is 1.61. The molecule has 0 atom stereocenters. The number of rotatable bonds is 1. The number of hydrogen-bond acceptors (Lipinski definition) is 2. The lowest BCUT2D eigenvalue weighted by atomic mass is 11.3. The summed E-state index contributed by atoms with van der Waals surface area (Å²) in [5, 5.41) is 0. The molecule has 0 unspecified atom stereocenters. The van der Waals surface area contributed by atoms with E-state index >= 15 is 0 Å². The molecule has 0 rings (SSSR count). The average Bonchev–Trinajstić information content (AvgIpc) is 1.59. The summed E-state index contributed by atoms with van der Waals surface area (Å²) in [6.07, 6.45) is 0. The van der Waals surface area contributed by atoms with E-state index in [1.54, 1.807) is 12.2 Å². The second-order valence-electron chi connectivity index (χ2n) is 2.65. The van der Waals surface area contributed by atoms with Gasteiger partial charge >= 0.3 is 8.56 Å². The van der Waals surface area contributed by atoms with Gasteiger partial charge in [-0.15, -0.1) is 28.7 Å². The third-order valence-corrected chi connectivity index (χ3v) is 2.00. The highest BCUT2D eigenvalue weighted by Crippen LogP contribution is 2.12. The quantitative estimate of drug-likeness (QED) is 0.536. The minimum absolute atomic E-state index is 1.44. The fourth-order valence-corrected chi connectivity index (χ4v) is 0. The molecule has 0 bridgehead atoms. The van der Waals surface area contributed by atoms with Crippen molar-refractivity contribution >= 4 is 37.4 Å². The lowest BCUT2D eigenvalue weighted by Gasteiger charge is -1.97. The van der Waals surface area contributed by atoms with Crippen LogP contribution in [0.5, 0.6) is 0 Å². The van der Waals surface area contributed by atoms with E-state index in [2.05, 4.69) is 6.58 Å². The van der Waals surface area contributed by atoms with E-state index in [9.17, 15) is 0 Å². The molecule has 2 N–H and O–H groups in total. The van der Waals surface area contributed by atoms with Gasteiger partial charge in [0.25, 0.3) is 6.69 Å². The zero-order valence-corrected chi connectivity index (χ0v) is 10.4. The van der Waals surface area contributed by atoms with Crippen LogP contribution >= 0.6 is 22.2 Å². The van der Waals surface area contributed by atoms with Crippen LogP contribution in [0.1, 0.15) is 0 Å². The molecule has 0 heterocycles. The van der Waals surface area contributed by atoms with Gasteiger partial charge in [-0.3, -0.25) is 0 Å². The Hall–Kier alpha value is 0.674. The zero-order valence-electron chi connectivity index (χ0n) is 6.93. The molecular weight excluding hydrogens is 219 g/mol. The Bertz CT molecular complexity index is 111. The van der Waals surface area contributed by atoms with E-state index < -0.39 is 15.3 Å². The van der Waals surface area contributed by atoms with Crippen molar-refractivity contribution in [3.63, 3.8) is 0 Å². The van der Waals surface area contributed by atoms with Gasteiger partial charge in [0, 0.05) is 0 Å². The summed E-state index contributed by atoms with van der Waals surface area (Å²) in [6, 6.07) is 0. The summed E-state index contributed by atoms with van der Waals surface area (Å²) in [4.78, 5) is 16.4. The van der Waals surface area contributed by atoms with Gasteiger partial charge in [-0.05, 0) is 19.6 Å². The van der Waals surface area contributed by atoms with Crippen molar-refractivity contribution in [1.82, 2.24) is 0 Å². The Kier molecular flexibility index (Phi) is 6.90. The summed E-state index contributed by atoms with van der Waals surface area (Å²) >= 11 is 11.0. The van der Waals surface area contributed by atoms with E-state index in [1.165, 1.54) is 13.1 Å². The van der Waals surface area contributed by atoms with Crippen molar-refractivity contribution in [2.24, 2.45) is 0 Å². The monoisotopic (exact) mass is 232 g/mol. The second kappa shape index (κ2) is 5.34. The van der Waals surface area contributed by atoms with Crippen LogP contribution in [0.4, 0.5) is 0 Å². The summed E-state index contributed by atoms with van der Waals surface area (Å²) < 4.78 is 0. The van der Waals surface area contributed by atoms with Crippen molar-refractivity contribution in [1.29, 1.82) is 0 Å². The normalized spacial score (nSPS) is 11.5. The SMILES string of the molecule is C=C[Si](C)(Cl)Cl.C[Si](C)(O)O. The van der Waals surface area contributed by atoms with Crippen molar-refractivity contribution in [2.45, 2.75) is 19.6 Å².